The number of hydrogen-bond acceptors (Lipinski definition) is 6. The molecule has 0 radical (unpaired) electrons. The summed E-state index contributed by atoms with van der Waals surface area (Å²) in [5, 5.41) is 3.34. The molecule has 5 rings (SSSR count). The molecule has 0 amide bonds. The van der Waals surface area contributed by atoms with E-state index in [9.17, 15) is 9.18 Å². The number of Topliss-reactive ketones (excluding diaryl/α,β-unsaturated/α-hetero) is 1. The third-order valence-corrected chi connectivity index (χ3v) is 6.12. The lowest BCUT2D eigenvalue weighted by Gasteiger charge is -2.36. The van der Waals surface area contributed by atoms with E-state index in [-0.39, 0.29) is 17.5 Å². The first-order valence-electron chi connectivity index (χ1n) is 11.1. The van der Waals surface area contributed by atoms with Gasteiger partial charge in [-0.3, -0.25) is 4.79 Å². The summed E-state index contributed by atoms with van der Waals surface area (Å²) in [7, 11) is 0. The van der Waals surface area contributed by atoms with Crippen molar-refractivity contribution >= 4 is 28.9 Å². The quantitative estimate of drug-likeness (QED) is 0.659. The normalized spacial score (nSPS) is 18.4. The summed E-state index contributed by atoms with van der Waals surface area (Å²) < 4.78 is 14.2. The molecule has 1 aromatic heterocycles. The van der Waals surface area contributed by atoms with Gasteiger partial charge in [-0.15, -0.1) is 0 Å². The number of rotatable bonds is 4. The van der Waals surface area contributed by atoms with Gasteiger partial charge < -0.3 is 15.1 Å². The standard InChI is InChI=1S/C25H26FN5O/c1-17-15-20-23(22(32)16-17)24(27-18-7-3-2-4-8-18)29-25(28-20)31-13-11-30(12-14-31)21-10-6-5-9-19(21)26/h2-10,17H,11-16H2,1H3,(H,27,28,29). The van der Waals surface area contributed by atoms with Crippen LogP contribution in [0.2, 0.25) is 0 Å². The van der Waals surface area contributed by atoms with Gasteiger partial charge in [0.1, 0.15) is 11.6 Å². The second-order valence-corrected chi connectivity index (χ2v) is 8.55. The Balaban J connectivity index is 1.43. The molecule has 1 N–H and O–H groups in total. The monoisotopic (exact) mass is 431 g/mol. The third kappa shape index (κ3) is 4.02. The van der Waals surface area contributed by atoms with E-state index in [0.29, 0.717) is 55.6 Å². The second kappa shape index (κ2) is 8.57. The molecule has 0 bridgehead atoms. The van der Waals surface area contributed by atoms with Gasteiger partial charge in [0.2, 0.25) is 5.95 Å². The molecule has 1 fully saturated rings. The Morgan fingerprint density at radius 1 is 0.906 bits per heavy atom. The maximum atomic E-state index is 14.2. The number of anilines is 4. The van der Waals surface area contributed by atoms with Crippen LogP contribution in [-0.4, -0.2) is 41.9 Å². The third-order valence-electron chi connectivity index (χ3n) is 6.12. The number of nitrogens with zero attached hydrogens (tertiary/aromatic N) is 4. The summed E-state index contributed by atoms with van der Waals surface area (Å²) in [6.07, 6.45) is 1.27. The average molecular weight is 432 g/mol. The molecule has 2 aliphatic rings. The lowest BCUT2D eigenvalue weighted by Crippen LogP contribution is -2.47. The van der Waals surface area contributed by atoms with Crippen LogP contribution in [0.5, 0.6) is 0 Å². The summed E-state index contributed by atoms with van der Waals surface area (Å²) in [5.41, 5.74) is 2.94. The Morgan fingerprint density at radius 2 is 1.59 bits per heavy atom. The highest BCUT2D eigenvalue weighted by Crippen LogP contribution is 2.32. The van der Waals surface area contributed by atoms with E-state index in [1.54, 1.807) is 6.07 Å². The summed E-state index contributed by atoms with van der Waals surface area (Å²) in [6, 6.07) is 16.6. The Labute approximate surface area is 187 Å². The van der Waals surface area contributed by atoms with Crippen LogP contribution in [-0.2, 0) is 6.42 Å². The van der Waals surface area contributed by atoms with Crippen LogP contribution in [0.1, 0.15) is 29.4 Å². The largest absolute Gasteiger partial charge is 0.366 e. The number of ketones is 1. The number of hydrogen-bond donors (Lipinski definition) is 1. The molecule has 1 aliphatic carbocycles. The molecule has 164 valence electrons. The van der Waals surface area contributed by atoms with Crippen LogP contribution < -0.4 is 15.1 Å². The number of carbonyl (C=O) groups excluding carboxylic acids is 1. The minimum atomic E-state index is -0.201. The molecule has 3 aromatic rings. The molecule has 1 unspecified atom stereocenters. The molecule has 1 aliphatic heterocycles. The number of para-hydroxylation sites is 2. The highest BCUT2D eigenvalue weighted by molar-refractivity contribution is 6.03. The molecule has 7 heteroatoms. The fraction of sp³-hybridized carbons (Fsp3) is 0.320. The maximum absolute atomic E-state index is 14.2. The van der Waals surface area contributed by atoms with Gasteiger partial charge in [0.25, 0.3) is 0 Å². The van der Waals surface area contributed by atoms with Crippen LogP contribution in [0.3, 0.4) is 0 Å². The number of benzene rings is 2. The Morgan fingerprint density at radius 3 is 2.34 bits per heavy atom. The predicted molar refractivity (Wildman–Crippen MR) is 124 cm³/mol. The van der Waals surface area contributed by atoms with Crippen molar-refractivity contribution in [1.29, 1.82) is 0 Å². The van der Waals surface area contributed by atoms with Gasteiger partial charge >= 0.3 is 0 Å². The van der Waals surface area contributed by atoms with Gasteiger partial charge in [0, 0.05) is 38.3 Å². The van der Waals surface area contributed by atoms with E-state index in [1.165, 1.54) is 6.07 Å². The molecule has 32 heavy (non-hydrogen) atoms. The number of piperazine rings is 1. The maximum Gasteiger partial charge on any atom is 0.227 e. The predicted octanol–water partition coefficient (Wildman–Crippen LogP) is 4.45. The molecule has 2 aromatic carbocycles. The molecule has 0 saturated carbocycles. The van der Waals surface area contributed by atoms with Crippen LogP contribution in [0.25, 0.3) is 0 Å². The van der Waals surface area contributed by atoms with E-state index < -0.39 is 0 Å². The highest BCUT2D eigenvalue weighted by Gasteiger charge is 2.30. The summed E-state index contributed by atoms with van der Waals surface area (Å²) in [5.74, 6) is 1.35. The van der Waals surface area contributed by atoms with Crippen molar-refractivity contribution < 1.29 is 9.18 Å². The average Bonchev–Trinajstić information content (AvgIpc) is 2.79. The van der Waals surface area contributed by atoms with Crippen LogP contribution in [0, 0.1) is 11.7 Å². The van der Waals surface area contributed by atoms with Crippen LogP contribution in [0.4, 0.5) is 27.5 Å². The SMILES string of the molecule is CC1CC(=O)c2c(nc(N3CCN(c4ccccc4F)CC3)nc2Nc2ccccc2)C1. The van der Waals surface area contributed by atoms with Gasteiger partial charge in [0.15, 0.2) is 5.78 Å². The number of carbonyl (C=O) groups is 1. The summed E-state index contributed by atoms with van der Waals surface area (Å²) in [4.78, 5) is 26.6. The zero-order chi connectivity index (χ0) is 22.1. The number of halogens is 1. The fourth-order valence-electron chi connectivity index (χ4n) is 4.50. The molecular formula is C25H26FN5O. The van der Waals surface area contributed by atoms with Crippen molar-refractivity contribution in [3.05, 3.63) is 71.7 Å². The topological polar surface area (TPSA) is 61.4 Å². The first-order chi connectivity index (χ1) is 15.6. The van der Waals surface area contributed by atoms with Crippen molar-refractivity contribution in [2.45, 2.75) is 19.8 Å². The molecule has 0 spiro atoms. The van der Waals surface area contributed by atoms with Gasteiger partial charge in [-0.2, -0.15) is 4.98 Å². The van der Waals surface area contributed by atoms with Gasteiger partial charge in [-0.1, -0.05) is 37.3 Å². The highest BCUT2D eigenvalue weighted by atomic mass is 19.1. The van der Waals surface area contributed by atoms with E-state index in [0.717, 1.165) is 17.8 Å². The van der Waals surface area contributed by atoms with Crippen molar-refractivity contribution in [1.82, 2.24) is 9.97 Å². The van der Waals surface area contributed by atoms with Crippen molar-refractivity contribution in [2.24, 2.45) is 5.92 Å². The minimum Gasteiger partial charge on any atom is -0.366 e. The zero-order valence-electron chi connectivity index (χ0n) is 18.1. The first-order valence-corrected chi connectivity index (χ1v) is 11.1. The zero-order valence-corrected chi connectivity index (χ0v) is 18.1. The molecule has 1 saturated heterocycles. The molecular weight excluding hydrogens is 405 g/mol. The van der Waals surface area contributed by atoms with Crippen molar-refractivity contribution in [3.63, 3.8) is 0 Å². The Kier molecular flexibility index (Phi) is 5.47. The summed E-state index contributed by atoms with van der Waals surface area (Å²) >= 11 is 0. The second-order valence-electron chi connectivity index (χ2n) is 8.55. The number of fused-ring (bicyclic) bond motifs is 1. The van der Waals surface area contributed by atoms with E-state index in [2.05, 4.69) is 22.0 Å². The van der Waals surface area contributed by atoms with Gasteiger partial charge in [-0.25, -0.2) is 9.37 Å². The summed E-state index contributed by atoms with van der Waals surface area (Å²) in [6.45, 7) is 4.80. The van der Waals surface area contributed by atoms with Gasteiger partial charge in [-0.05, 0) is 36.6 Å². The van der Waals surface area contributed by atoms with E-state index in [1.807, 2.05) is 42.5 Å². The van der Waals surface area contributed by atoms with Crippen LogP contribution in [0.15, 0.2) is 54.6 Å². The van der Waals surface area contributed by atoms with E-state index >= 15 is 0 Å². The Hall–Kier alpha value is -3.48. The lowest BCUT2D eigenvalue weighted by atomic mass is 9.87. The smallest absolute Gasteiger partial charge is 0.227 e. The Bertz CT molecular complexity index is 1130. The minimum absolute atomic E-state index is 0.0908. The molecule has 2 heterocycles. The fourth-order valence-corrected chi connectivity index (χ4v) is 4.50. The molecule has 6 nitrogen and oxygen atoms in total. The number of aromatic nitrogens is 2. The molecule has 1 atom stereocenters. The van der Waals surface area contributed by atoms with Crippen molar-refractivity contribution in [3.8, 4) is 0 Å². The van der Waals surface area contributed by atoms with E-state index in [4.69, 9.17) is 9.97 Å². The number of nitrogens with one attached hydrogen (secondary N) is 1. The van der Waals surface area contributed by atoms with Crippen molar-refractivity contribution in [2.75, 3.05) is 41.3 Å². The first kappa shape index (κ1) is 20.4. The lowest BCUT2D eigenvalue weighted by molar-refractivity contribution is 0.0952. The van der Waals surface area contributed by atoms with Gasteiger partial charge in [0.05, 0.1) is 16.9 Å². The van der Waals surface area contributed by atoms with Crippen LogP contribution >= 0.6 is 0 Å².